The zero-order valence-electron chi connectivity index (χ0n) is 29.2. The number of esters is 1. The number of para-hydroxylation sites is 2. The predicted octanol–water partition coefficient (Wildman–Crippen LogP) is 4.50. The largest absolute Gasteiger partial charge is 0.487 e. The highest BCUT2D eigenvalue weighted by Gasteiger charge is 2.34. The van der Waals surface area contributed by atoms with Crippen molar-refractivity contribution >= 4 is 50.4 Å². The maximum absolute atomic E-state index is 14.1. The number of nitrogens with zero attached hydrogens (tertiary/aromatic N) is 3. The van der Waals surface area contributed by atoms with Gasteiger partial charge in [0.05, 0.1) is 36.6 Å². The number of likely N-dealkylation sites (N-methyl/N-ethyl adjacent to an activating group) is 1. The second-order valence-electron chi connectivity index (χ2n) is 12.4. The minimum Gasteiger partial charge on any atom is -0.487 e. The summed E-state index contributed by atoms with van der Waals surface area (Å²) in [5, 5.41) is 3.58. The molecule has 266 valence electrons. The molecule has 1 amide bonds. The zero-order chi connectivity index (χ0) is 35.6. The van der Waals surface area contributed by atoms with Crippen LogP contribution in [0.2, 0.25) is 0 Å². The van der Waals surface area contributed by atoms with Gasteiger partial charge in [-0.25, -0.2) is 18.1 Å². The molecule has 15 heteroatoms. The SMILES string of the molecule is CCOC(OCC)[C@H](CC(=O)OC(C)(C)C)NS(=O)(=O)c1ccc(NC(=O)CN(C)C)cc1O[C@H](C)Cn1c(SC)nc2ccccc21. The molecular formula is C33H49N5O8S2. The van der Waals surface area contributed by atoms with Crippen molar-refractivity contribution in [3.8, 4) is 5.75 Å². The van der Waals surface area contributed by atoms with Crippen molar-refractivity contribution in [3.05, 3.63) is 42.5 Å². The van der Waals surface area contributed by atoms with E-state index in [4.69, 9.17) is 23.9 Å². The van der Waals surface area contributed by atoms with Crippen LogP contribution in [-0.4, -0.2) is 98.9 Å². The number of fused-ring (bicyclic) bond motifs is 1. The molecule has 0 bridgehead atoms. The monoisotopic (exact) mass is 707 g/mol. The van der Waals surface area contributed by atoms with E-state index in [1.165, 1.54) is 30.0 Å². The third-order valence-electron chi connectivity index (χ3n) is 6.65. The molecule has 13 nitrogen and oxygen atoms in total. The van der Waals surface area contributed by atoms with Gasteiger partial charge in [-0.3, -0.25) is 9.59 Å². The van der Waals surface area contributed by atoms with Crippen molar-refractivity contribution in [2.24, 2.45) is 0 Å². The number of anilines is 1. The van der Waals surface area contributed by atoms with E-state index in [0.717, 1.165) is 16.2 Å². The molecule has 0 spiro atoms. The maximum Gasteiger partial charge on any atom is 0.308 e. The van der Waals surface area contributed by atoms with Crippen LogP contribution in [0.4, 0.5) is 5.69 Å². The first-order valence-electron chi connectivity index (χ1n) is 15.8. The predicted molar refractivity (Wildman–Crippen MR) is 187 cm³/mol. The number of sulfonamides is 1. The Morgan fingerprint density at radius 3 is 2.33 bits per heavy atom. The fourth-order valence-electron chi connectivity index (χ4n) is 4.91. The lowest BCUT2D eigenvalue weighted by atomic mass is 10.1. The molecule has 0 aliphatic heterocycles. The van der Waals surface area contributed by atoms with Crippen LogP contribution >= 0.6 is 11.8 Å². The Balaban J connectivity index is 2.01. The molecule has 0 fully saturated rings. The van der Waals surface area contributed by atoms with E-state index in [-0.39, 0.29) is 42.7 Å². The maximum atomic E-state index is 14.1. The highest BCUT2D eigenvalue weighted by atomic mass is 32.2. The second kappa shape index (κ2) is 17.4. The highest BCUT2D eigenvalue weighted by Crippen LogP contribution is 2.31. The van der Waals surface area contributed by atoms with Crippen LogP contribution in [0, 0.1) is 0 Å². The van der Waals surface area contributed by atoms with E-state index in [1.807, 2.05) is 42.0 Å². The average Bonchev–Trinajstić information content (AvgIpc) is 3.32. The number of ether oxygens (including phenoxy) is 4. The van der Waals surface area contributed by atoms with Gasteiger partial charge in [0, 0.05) is 25.0 Å². The molecule has 0 radical (unpaired) electrons. The molecule has 2 N–H and O–H groups in total. The first-order chi connectivity index (χ1) is 22.6. The topological polar surface area (TPSA) is 150 Å². The van der Waals surface area contributed by atoms with E-state index in [2.05, 4.69) is 10.0 Å². The zero-order valence-corrected chi connectivity index (χ0v) is 30.9. The molecule has 0 aliphatic carbocycles. The quantitative estimate of drug-likeness (QED) is 0.109. The van der Waals surface area contributed by atoms with Crippen LogP contribution in [-0.2, 0) is 40.4 Å². The Hall–Kier alpha value is -3.21. The summed E-state index contributed by atoms with van der Waals surface area (Å²) in [6.07, 6.45) is -0.0234. The van der Waals surface area contributed by atoms with Crippen LogP contribution in [0.15, 0.2) is 52.5 Å². The number of benzene rings is 2. The number of carbonyl (C=O) groups is 2. The van der Waals surface area contributed by atoms with Crippen molar-refractivity contribution in [2.75, 3.05) is 45.4 Å². The first kappa shape index (κ1) is 39.2. The summed E-state index contributed by atoms with van der Waals surface area (Å²) in [5.41, 5.74) is 1.32. The minimum atomic E-state index is -4.37. The number of carbonyl (C=O) groups excluding carboxylic acids is 2. The van der Waals surface area contributed by atoms with Crippen molar-refractivity contribution in [2.45, 2.75) is 88.6 Å². The lowest BCUT2D eigenvalue weighted by molar-refractivity contribution is -0.169. The summed E-state index contributed by atoms with van der Waals surface area (Å²) >= 11 is 1.49. The first-order valence-corrected chi connectivity index (χ1v) is 18.5. The molecule has 1 heterocycles. The smallest absolute Gasteiger partial charge is 0.308 e. The summed E-state index contributed by atoms with van der Waals surface area (Å²) in [7, 11) is -0.829. The second-order valence-corrected chi connectivity index (χ2v) is 14.8. The van der Waals surface area contributed by atoms with Crippen LogP contribution in [0.1, 0.15) is 48.0 Å². The molecule has 2 atom stereocenters. The average molecular weight is 708 g/mol. The summed E-state index contributed by atoms with van der Waals surface area (Å²) < 4.78 is 56.2. The lowest BCUT2D eigenvalue weighted by Crippen LogP contribution is -2.47. The Kier molecular flexibility index (Phi) is 14.3. The normalized spacial score (nSPS) is 13.6. The number of hydrogen-bond acceptors (Lipinski definition) is 11. The fraction of sp³-hybridized carbons (Fsp3) is 0.545. The summed E-state index contributed by atoms with van der Waals surface area (Å²) in [6, 6.07) is 10.9. The van der Waals surface area contributed by atoms with E-state index in [1.54, 1.807) is 53.6 Å². The van der Waals surface area contributed by atoms with Gasteiger partial charge in [0.1, 0.15) is 22.4 Å². The standard InChI is InChI=1S/C33H49N5O8S2/c1-10-43-31(44-11-2)25(19-30(40)46-33(4,5)6)36-48(41,42)28-17-16-23(34-29(39)21-37(7)8)18-27(28)45-22(3)20-38-26-15-13-12-14-24(26)35-32(38)47-9/h12-18,22,25,31,36H,10-11,19-21H2,1-9H3,(H,34,39)/t22-,25+/m1/s1. The van der Waals surface area contributed by atoms with Gasteiger partial charge in [0.25, 0.3) is 0 Å². The van der Waals surface area contributed by atoms with Gasteiger partial charge in [-0.05, 0) is 86.2 Å². The van der Waals surface area contributed by atoms with Gasteiger partial charge in [0.2, 0.25) is 15.9 Å². The third kappa shape index (κ3) is 11.4. The number of amides is 1. The van der Waals surface area contributed by atoms with E-state index >= 15 is 0 Å². The van der Waals surface area contributed by atoms with Gasteiger partial charge in [0.15, 0.2) is 11.4 Å². The van der Waals surface area contributed by atoms with E-state index in [9.17, 15) is 18.0 Å². The number of rotatable bonds is 18. The number of aromatic nitrogens is 2. The number of hydrogen-bond donors (Lipinski definition) is 2. The van der Waals surface area contributed by atoms with Crippen molar-refractivity contribution in [1.29, 1.82) is 0 Å². The molecule has 0 aliphatic rings. The minimum absolute atomic E-state index is 0.00756. The molecule has 3 rings (SSSR count). The fourth-order valence-corrected chi connectivity index (χ4v) is 6.83. The Bertz CT molecular complexity index is 1630. The number of thioether (sulfide) groups is 1. The van der Waals surface area contributed by atoms with Gasteiger partial charge < -0.3 is 33.7 Å². The molecule has 2 aromatic carbocycles. The summed E-state index contributed by atoms with van der Waals surface area (Å²) in [6.45, 7) is 11.4. The Labute approximate surface area is 288 Å². The molecule has 1 aromatic heterocycles. The molecule has 0 saturated heterocycles. The number of imidazole rings is 1. The third-order valence-corrected chi connectivity index (χ3v) is 8.86. The van der Waals surface area contributed by atoms with Gasteiger partial charge >= 0.3 is 5.97 Å². The van der Waals surface area contributed by atoms with Crippen LogP contribution in [0.25, 0.3) is 11.0 Å². The molecule has 3 aromatic rings. The molecule has 0 unspecified atom stereocenters. The summed E-state index contributed by atoms with van der Waals surface area (Å²) in [5.74, 6) is -0.898. The van der Waals surface area contributed by atoms with Gasteiger partial charge in [-0.1, -0.05) is 23.9 Å². The van der Waals surface area contributed by atoms with Gasteiger partial charge in [-0.2, -0.15) is 0 Å². The van der Waals surface area contributed by atoms with Crippen LogP contribution in [0.5, 0.6) is 5.75 Å². The van der Waals surface area contributed by atoms with Crippen LogP contribution < -0.4 is 14.8 Å². The van der Waals surface area contributed by atoms with Crippen molar-refractivity contribution in [1.82, 2.24) is 19.2 Å². The molecular weight excluding hydrogens is 659 g/mol. The number of nitrogens with one attached hydrogen (secondary N) is 2. The van der Waals surface area contributed by atoms with Crippen molar-refractivity contribution in [3.63, 3.8) is 0 Å². The molecule has 48 heavy (non-hydrogen) atoms. The van der Waals surface area contributed by atoms with Crippen LogP contribution in [0.3, 0.4) is 0 Å². The van der Waals surface area contributed by atoms with Crippen molar-refractivity contribution < 1.29 is 37.0 Å². The van der Waals surface area contributed by atoms with Gasteiger partial charge in [-0.15, -0.1) is 0 Å². The highest BCUT2D eigenvalue weighted by molar-refractivity contribution is 7.98. The van der Waals surface area contributed by atoms with E-state index in [0.29, 0.717) is 12.2 Å². The van der Waals surface area contributed by atoms with E-state index < -0.39 is 40.0 Å². The Morgan fingerprint density at radius 1 is 1.06 bits per heavy atom. The summed E-state index contributed by atoms with van der Waals surface area (Å²) in [4.78, 5) is 31.7. The molecule has 0 saturated carbocycles. The lowest BCUT2D eigenvalue weighted by Gasteiger charge is -2.28. The Morgan fingerprint density at radius 2 is 1.73 bits per heavy atom.